The van der Waals surface area contributed by atoms with Gasteiger partial charge in [0, 0.05) is 12.5 Å². The van der Waals surface area contributed by atoms with Crippen LogP contribution in [0.3, 0.4) is 0 Å². The van der Waals surface area contributed by atoms with Crippen molar-refractivity contribution in [1.82, 2.24) is 4.90 Å². The van der Waals surface area contributed by atoms with E-state index in [-0.39, 0.29) is 24.9 Å². The number of hydrogen-bond donors (Lipinski definition) is 1. The fourth-order valence-corrected chi connectivity index (χ4v) is 2.90. The molecule has 1 aromatic rings. The van der Waals surface area contributed by atoms with E-state index in [0.717, 1.165) is 37.8 Å². The molecule has 0 unspecified atom stereocenters. The highest BCUT2D eigenvalue weighted by atomic mass is 19.4. The van der Waals surface area contributed by atoms with Gasteiger partial charge in [-0.2, -0.15) is 13.2 Å². The van der Waals surface area contributed by atoms with Gasteiger partial charge in [0.1, 0.15) is 0 Å². The number of nitrogens with zero attached hydrogens (tertiary/aromatic N) is 1. The number of halogens is 3. The second-order valence-corrected chi connectivity index (χ2v) is 5.84. The SMILES string of the molecule is NC(=O)CN(Cc1cccc(C(F)(F)F)c1)C(=O)C1CCCC1. The molecule has 4 nitrogen and oxygen atoms in total. The monoisotopic (exact) mass is 328 g/mol. The van der Waals surface area contributed by atoms with E-state index in [1.54, 1.807) is 0 Å². The van der Waals surface area contributed by atoms with Gasteiger partial charge in [0.15, 0.2) is 0 Å². The standard InChI is InChI=1S/C16H19F3N2O2/c17-16(18,19)13-7-3-4-11(8-13)9-21(10-14(20)22)15(23)12-5-1-2-6-12/h3-4,7-8,12H,1-2,5-6,9-10H2,(H2,20,22). The highest BCUT2D eigenvalue weighted by Crippen LogP contribution is 2.30. The Morgan fingerprint density at radius 3 is 2.43 bits per heavy atom. The molecule has 1 aliphatic rings. The Balaban J connectivity index is 2.17. The Morgan fingerprint density at radius 1 is 1.22 bits per heavy atom. The van der Waals surface area contributed by atoms with Crippen molar-refractivity contribution in [2.24, 2.45) is 11.7 Å². The third-order valence-electron chi connectivity index (χ3n) is 3.99. The number of primary amides is 1. The summed E-state index contributed by atoms with van der Waals surface area (Å²) >= 11 is 0. The molecule has 0 bridgehead atoms. The van der Waals surface area contributed by atoms with E-state index >= 15 is 0 Å². The second-order valence-electron chi connectivity index (χ2n) is 5.84. The minimum absolute atomic E-state index is 0.0534. The number of carbonyl (C=O) groups is 2. The molecule has 0 aromatic heterocycles. The van der Waals surface area contributed by atoms with Crippen molar-refractivity contribution in [1.29, 1.82) is 0 Å². The summed E-state index contributed by atoms with van der Waals surface area (Å²) < 4.78 is 38.3. The molecular weight excluding hydrogens is 309 g/mol. The lowest BCUT2D eigenvalue weighted by Crippen LogP contribution is -2.40. The molecule has 0 aliphatic heterocycles. The van der Waals surface area contributed by atoms with Crippen molar-refractivity contribution >= 4 is 11.8 Å². The smallest absolute Gasteiger partial charge is 0.368 e. The molecule has 0 spiro atoms. The molecule has 0 saturated heterocycles. The lowest BCUT2D eigenvalue weighted by atomic mass is 10.1. The average molecular weight is 328 g/mol. The third-order valence-corrected chi connectivity index (χ3v) is 3.99. The zero-order valence-corrected chi connectivity index (χ0v) is 12.6. The lowest BCUT2D eigenvalue weighted by Gasteiger charge is -2.24. The maximum Gasteiger partial charge on any atom is 0.416 e. The van der Waals surface area contributed by atoms with Crippen LogP contribution in [0.25, 0.3) is 0 Å². The molecule has 126 valence electrons. The Kier molecular flexibility index (Phi) is 5.28. The summed E-state index contributed by atoms with van der Waals surface area (Å²) in [4.78, 5) is 24.9. The first kappa shape index (κ1) is 17.3. The molecular formula is C16H19F3N2O2. The Labute approximate surface area is 132 Å². The van der Waals surface area contributed by atoms with Crippen LogP contribution in [-0.4, -0.2) is 23.3 Å². The molecule has 1 fully saturated rings. The van der Waals surface area contributed by atoms with Crippen molar-refractivity contribution in [3.8, 4) is 0 Å². The Morgan fingerprint density at radius 2 is 1.87 bits per heavy atom. The van der Waals surface area contributed by atoms with Crippen LogP contribution < -0.4 is 5.73 Å². The van der Waals surface area contributed by atoms with E-state index in [1.807, 2.05) is 0 Å². The minimum Gasteiger partial charge on any atom is -0.368 e. The first-order valence-corrected chi connectivity index (χ1v) is 7.50. The molecule has 2 N–H and O–H groups in total. The molecule has 0 radical (unpaired) electrons. The molecule has 2 amide bonds. The summed E-state index contributed by atoms with van der Waals surface area (Å²) in [5, 5.41) is 0. The molecule has 0 heterocycles. The molecule has 2 rings (SSSR count). The Hall–Kier alpha value is -2.05. The van der Waals surface area contributed by atoms with E-state index in [1.165, 1.54) is 17.0 Å². The van der Waals surface area contributed by atoms with Crippen molar-refractivity contribution in [2.45, 2.75) is 38.4 Å². The number of carbonyl (C=O) groups excluding carboxylic acids is 2. The van der Waals surface area contributed by atoms with Crippen molar-refractivity contribution in [3.63, 3.8) is 0 Å². The van der Waals surface area contributed by atoms with E-state index < -0.39 is 17.6 Å². The summed E-state index contributed by atoms with van der Waals surface area (Å²) in [5.74, 6) is -1.05. The summed E-state index contributed by atoms with van der Waals surface area (Å²) in [6.07, 6.45) is -1.05. The van der Waals surface area contributed by atoms with Crippen LogP contribution in [0.5, 0.6) is 0 Å². The van der Waals surface area contributed by atoms with Gasteiger partial charge in [-0.15, -0.1) is 0 Å². The van der Waals surface area contributed by atoms with E-state index in [0.29, 0.717) is 5.56 Å². The van der Waals surface area contributed by atoms with Crippen LogP contribution in [0.1, 0.15) is 36.8 Å². The van der Waals surface area contributed by atoms with Gasteiger partial charge in [-0.05, 0) is 30.5 Å². The van der Waals surface area contributed by atoms with Gasteiger partial charge in [0.25, 0.3) is 0 Å². The summed E-state index contributed by atoms with van der Waals surface area (Å²) in [6.45, 7) is -0.340. The first-order valence-electron chi connectivity index (χ1n) is 7.50. The number of hydrogen-bond acceptors (Lipinski definition) is 2. The summed E-state index contributed by atoms with van der Waals surface area (Å²) in [5.41, 5.74) is 4.72. The van der Waals surface area contributed by atoms with Crippen LogP contribution in [0.4, 0.5) is 13.2 Å². The highest BCUT2D eigenvalue weighted by molar-refractivity contribution is 5.85. The molecule has 0 atom stereocenters. The van der Waals surface area contributed by atoms with Gasteiger partial charge < -0.3 is 10.6 Å². The molecule has 1 aromatic carbocycles. The van der Waals surface area contributed by atoms with Crippen LogP contribution in [0, 0.1) is 5.92 Å². The number of benzene rings is 1. The minimum atomic E-state index is -4.44. The fraction of sp³-hybridized carbons (Fsp3) is 0.500. The lowest BCUT2D eigenvalue weighted by molar-refractivity contribution is -0.139. The van der Waals surface area contributed by atoms with Crippen LogP contribution in [0.2, 0.25) is 0 Å². The predicted molar refractivity (Wildman–Crippen MR) is 78.0 cm³/mol. The maximum absolute atomic E-state index is 12.8. The third kappa shape index (κ3) is 4.71. The predicted octanol–water partition coefficient (Wildman–Crippen LogP) is 2.71. The van der Waals surface area contributed by atoms with Gasteiger partial charge >= 0.3 is 6.18 Å². The van der Waals surface area contributed by atoms with Crippen LogP contribution >= 0.6 is 0 Å². The molecule has 23 heavy (non-hydrogen) atoms. The quantitative estimate of drug-likeness (QED) is 0.903. The zero-order valence-electron chi connectivity index (χ0n) is 12.6. The van der Waals surface area contributed by atoms with Gasteiger partial charge in [-0.25, -0.2) is 0 Å². The number of nitrogens with two attached hydrogens (primary N) is 1. The van der Waals surface area contributed by atoms with E-state index in [4.69, 9.17) is 5.73 Å². The highest BCUT2D eigenvalue weighted by Gasteiger charge is 2.31. The first-order chi connectivity index (χ1) is 10.8. The molecule has 7 heteroatoms. The average Bonchev–Trinajstić information content (AvgIpc) is 2.99. The van der Waals surface area contributed by atoms with Crippen molar-refractivity contribution in [3.05, 3.63) is 35.4 Å². The summed E-state index contributed by atoms with van der Waals surface area (Å²) in [6, 6.07) is 4.77. The largest absolute Gasteiger partial charge is 0.416 e. The normalized spacial score (nSPS) is 15.6. The number of rotatable bonds is 5. The van der Waals surface area contributed by atoms with Crippen LogP contribution in [-0.2, 0) is 22.3 Å². The second kappa shape index (κ2) is 7.02. The zero-order chi connectivity index (χ0) is 17.0. The van der Waals surface area contributed by atoms with E-state index in [9.17, 15) is 22.8 Å². The fourth-order valence-electron chi connectivity index (χ4n) is 2.90. The van der Waals surface area contributed by atoms with Gasteiger partial charge in [-0.1, -0.05) is 25.0 Å². The summed E-state index contributed by atoms with van der Waals surface area (Å²) in [7, 11) is 0. The van der Waals surface area contributed by atoms with Gasteiger partial charge in [0.2, 0.25) is 11.8 Å². The Bertz CT molecular complexity index is 581. The molecule has 1 aliphatic carbocycles. The van der Waals surface area contributed by atoms with Crippen molar-refractivity contribution < 1.29 is 22.8 Å². The van der Waals surface area contributed by atoms with Crippen molar-refractivity contribution in [2.75, 3.05) is 6.54 Å². The topological polar surface area (TPSA) is 63.4 Å². The van der Waals surface area contributed by atoms with Crippen LogP contribution in [0.15, 0.2) is 24.3 Å². The van der Waals surface area contributed by atoms with E-state index in [2.05, 4.69) is 0 Å². The maximum atomic E-state index is 12.8. The number of alkyl halides is 3. The number of amides is 2. The van der Waals surface area contributed by atoms with Gasteiger partial charge in [-0.3, -0.25) is 9.59 Å². The van der Waals surface area contributed by atoms with Gasteiger partial charge in [0.05, 0.1) is 12.1 Å². The molecule has 1 saturated carbocycles.